The van der Waals surface area contributed by atoms with Gasteiger partial charge < -0.3 is 103 Å². The second-order valence-electron chi connectivity index (χ2n) is 31.5. The molecule has 0 rings (SSSR count). The Kier molecular flexibility index (Phi) is 69.3. The largest absolute Gasteiger partial charge is 0.480 e. The number of rotatable bonds is 42. The van der Waals surface area contributed by atoms with Gasteiger partial charge in [0, 0.05) is 48.5 Å². The average molecular weight is 1610 g/mol. The molecule has 9 atom stereocenters. The molecule has 114 heavy (non-hydrogen) atoms. The van der Waals surface area contributed by atoms with Crippen LogP contribution < -0.4 is 16.3 Å². The number of hydrogen-bond donors (Lipinski definition) is 4. The molecule has 0 saturated carbocycles. The van der Waals surface area contributed by atoms with Gasteiger partial charge in [-0.05, 0) is 143 Å². The molecular formula is C80H147B5N9O20. The second kappa shape index (κ2) is 65.9. The van der Waals surface area contributed by atoms with E-state index in [0.717, 1.165) is 12.5 Å². The summed E-state index contributed by atoms with van der Waals surface area (Å²) in [7, 11) is 20.1. The lowest BCUT2D eigenvalue weighted by atomic mass is 9.81. The standard InChI is InChI=1S/C18H32BN2O4.C17H32N2O3.C12H21BNO3.C11H21NO2.C8H15BNO3.C7H13BNO3.C7H13BNO2/c1-9-25-17(24)13(4)10-14(12(2)3)21(8)16(23)15(18(5,6)7)20-19-11-22;1-9-22-16(21)12(4)10-13(11(2)3)19(8)15(20)14(18)17(5,6)7;1-6-17-12(16)10(4)7-11(9(2)3)14(5)13-8-15;1-6-14-11(13)9(4)7-10(12-5)8(2)3;1-6(2)7(8(12)13-4)10(3)9-5-11;1-5(2)6(7(11)12)9(3)8-4-10;1-6(2)7(4-10)9(3)8-5-11/h10-12,14-15,20H,9H2,1-8H3;10-11,13-14H,9,18H2,1-8H3;7-9,11H,6H2,1-5H3;7-8,10,12H,6H2,1-5H3;5-7H,1-4H3;4-6H,1-3H3,(H,11,12);4-7H,1-3H3/b13-10+;12-10+;10-7+;9-7+;;;/t14-,15-;13-,14-;11-;10-;7-;6-;7-/m1111001/s1. The first kappa shape index (κ1) is 120. The van der Waals surface area contributed by atoms with Crippen molar-refractivity contribution in [2.45, 2.75) is 248 Å². The number of methoxy groups -OCH3 is 1. The van der Waals surface area contributed by atoms with Crippen LogP contribution >= 0.6 is 0 Å². The van der Waals surface area contributed by atoms with E-state index in [0.29, 0.717) is 85.3 Å². The van der Waals surface area contributed by atoms with E-state index in [4.69, 9.17) is 29.8 Å². The van der Waals surface area contributed by atoms with Crippen LogP contribution in [-0.4, -0.2) is 293 Å². The molecule has 0 spiro atoms. The quantitative estimate of drug-likeness (QED) is 0.0159. The number of nitrogens with zero attached hydrogens (tertiary/aromatic N) is 6. The lowest BCUT2D eigenvalue weighted by molar-refractivity contribution is -0.146. The summed E-state index contributed by atoms with van der Waals surface area (Å²) < 4.78 is 24.4. The lowest BCUT2D eigenvalue weighted by Crippen LogP contribution is -2.56. The number of aliphatic carboxylic acids is 1. The Bertz CT molecular complexity index is 2960. The zero-order valence-corrected chi connectivity index (χ0v) is 76.2. The van der Waals surface area contributed by atoms with Crippen molar-refractivity contribution in [3.05, 3.63) is 46.6 Å². The zero-order valence-electron chi connectivity index (χ0n) is 76.2. The summed E-state index contributed by atoms with van der Waals surface area (Å²) in [4.78, 5) is 165. The number of carbonyl (C=O) groups is 14. The maximum Gasteiger partial charge on any atom is 0.333 e. The number of esters is 5. The predicted molar refractivity (Wildman–Crippen MR) is 460 cm³/mol. The van der Waals surface area contributed by atoms with Crippen molar-refractivity contribution in [2.75, 3.05) is 82.9 Å². The third-order valence-electron chi connectivity index (χ3n) is 17.2. The minimum atomic E-state index is -0.911. The van der Waals surface area contributed by atoms with E-state index < -0.39 is 30.1 Å². The van der Waals surface area contributed by atoms with Crippen molar-refractivity contribution in [2.24, 2.45) is 58.0 Å². The van der Waals surface area contributed by atoms with Crippen LogP contribution in [0.25, 0.3) is 0 Å². The normalized spacial score (nSPS) is 14.1. The van der Waals surface area contributed by atoms with Gasteiger partial charge in [0.2, 0.25) is 11.8 Å². The van der Waals surface area contributed by atoms with E-state index in [1.807, 2.05) is 144 Å². The number of likely N-dealkylation sites (N-methyl/N-ethyl adjacent to an activating group) is 7. The molecule has 34 heteroatoms. The fourth-order valence-electron chi connectivity index (χ4n) is 10.5. The van der Waals surface area contributed by atoms with Crippen molar-refractivity contribution < 1.29 is 95.9 Å². The van der Waals surface area contributed by atoms with Crippen LogP contribution in [0, 0.1) is 52.3 Å². The first-order chi connectivity index (χ1) is 52.5. The number of nitrogens with two attached hydrogens (primary N) is 1. The molecule has 0 aromatic heterocycles. The molecule has 0 aromatic rings. The van der Waals surface area contributed by atoms with E-state index in [2.05, 4.69) is 29.1 Å². The molecule has 0 aliphatic carbocycles. The maximum absolute atomic E-state index is 13.0. The Balaban J connectivity index is -0.000000239. The van der Waals surface area contributed by atoms with Crippen molar-refractivity contribution >= 4 is 122 Å². The van der Waals surface area contributed by atoms with Gasteiger partial charge in [-0.2, -0.15) is 0 Å². The number of amides is 2. The first-order valence-electron chi connectivity index (χ1n) is 38.7. The monoisotopic (exact) mass is 1610 g/mol. The number of carbonyl (C=O) groups excluding carboxylic acids is 13. The molecule has 5 radical (unpaired) electrons. The van der Waals surface area contributed by atoms with Gasteiger partial charge in [0.1, 0.15) is 18.4 Å². The van der Waals surface area contributed by atoms with Gasteiger partial charge in [-0.3, -0.25) is 19.2 Å². The first-order valence-corrected chi connectivity index (χ1v) is 38.7. The highest BCUT2D eigenvalue weighted by Gasteiger charge is 2.37. The Morgan fingerprint density at radius 2 is 0.719 bits per heavy atom. The van der Waals surface area contributed by atoms with Crippen LogP contribution in [0.2, 0.25) is 0 Å². The highest BCUT2D eigenvalue weighted by atomic mass is 16.5. The molecule has 0 aliphatic heterocycles. The van der Waals surface area contributed by atoms with Gasteiger partial charge in [-0.15, -0.1) is 0 Å². The molecule has 647 valence electrons. The van der Waals surface area contributed by atoms with E-state index in [1.54, 1.807) is 134 Å². The summed E-state index contributed by atoms with van der Waals surface area (Å²) in [5, 5.41) is 14.8. The molecule has 2 amide bonds. The summed E-state index contributed by atoms with van der Waals surface area (Å²) in [6.07, 6.45) is 11.4. The molecule has 0 bridgehead atoms. The number of aldehydes is 1. The highest BCUT2D eigenvalue weighted by molar-refractivity contribution is 6.65. The SMILES string of the molecule is CC(C)[C@@H](C(=O)O)N(C)[B]C=O.CC(C)[C@@H](C=O)N(C)[B]C=O.CCOC(=O)/C(C)=C/[C@@H](NC)C(C)C.CCOC(=O)/C(C)=C/[C@H](C(C)C)N(C)C(=O)[C@@H](N)C(C)(C)C.CCOC(=O)/C(C)=C/[C@H](C(C)C)N(C)C(=O)[C@@H](N[B]C=O)C(C)(C)C.CCOC(=O)/C(C)=C/[C@H](C(C)C)N(C)[B]C=O.COC(=O)[C@H](C(C)C)N(C)[B]C=O. The van der Waals surface area contributed by atoms with Crippen LogP contribution in [0.1, 0.15) is 194 Å². The summed E-state index contributed by atoms with van der Waals surface area (Å²) in [6, 6.07) is -2.60. The molecule has 0 saturated heterocycles. The number of carboxylic acids is 1. The molecule has 5 N–H and O–H groups in total. The van der Waals surface area contributed by atoms with E-state index in [9.17, 15) is 67.1 Å². The predicted octanol–water partition coefficient (Wildman–Crippen LogP) is 6.86. The third kappa shape index (κ3) is 52.4. The van der Waals surface area contributed by atoms with E-state index >= 15 is 0 Å². The van der Waals surface area contributed by atoms with Gasteiger partial charge in [0.15, 0.2) is 0 Å². The van der Waals surface area contributed by atoms with E-state index in [1.165, 1.54) is 49.0 Å². The Hall–Kier alpha value is -7.22. The topological polar surface area (TPSA) is 375 Å². The summed E-state index contributed by atoms with van der Waals surface area (Å²) >= 11 is 0. The molecule has 0 heterocycles. The molecule has 0 fully saturated rings. The number of ether oxygens (including phenoxy) is 5. The van der Waals surface area contributed by atoms with Gasteiger partial charge in [0.05, 0.1) is 94.7 Å². The van der Waals surface area contributed by atoms with E-state index in [-0.39, 0.29) is 112 Å². The Morgan fingerprint density at radius 3 is 0.965 bits per heavy atom. The van der Waals surface area contributed by atoms with Crippen LogP contribution in [0.3, 0.4) is 0 Å². The van der Waals surface area contributed by atoms with Crippen LogP contribution in [-0.2, 0) is 90.8 Å². The van der Waals surface area contributed by atoms with Gasteiger partial charge >= 0.3 is 35.8 Å². The minimum absolute atomic E-state index is 0.00426. The summed E-state index contributed by atoms with van der Waals surface area (Å²) in [5.41, 5.74) is 7.58. The van der Waals surface area contributed by atoms with Crippen molar-refractivity contribution in [1.82, 2.24) is 39.6 Å². The van der Waals surface area contributed by atoms with Crippen LogP contribution in [0.5, 0.6) is 0 Å². The highest BCUT2D eigenvalue weighted by Crippen LogP contribution is 2.25. The Labute approximate surface area is 690 Å². The summed E-state index contributed by atoms with van der Waals surface area (Å²) in [5.74, 6) is -1.44. The maximum atomic E-state index is 13.0. The molecule has 0 unspecified atom stereocenters. The molecule has 0 aliphatic rings. The van der Waals surface area contributed by atoms with Crippen LogP contribution in [0.15, 0.2) is 46.6 Å². The molecule has 0 aromatic carbocycles. The van der Waals surface area contributed by atoms with Gasteiger partial charge in [-0.1, -0.05) is 163 Å². The number of hydrogen-bond acceptors (Lipinski definition) is 26. The smallest absolute Gasteiger partial charge is 0.333 e. The van der Waals surface area contributed by atoms with Crippen LogP contribution in [0.4, 0.5) is 0 Å². The van der Waals surface area contributed by atoms with Crippen molar-refractivity contribution in [3.63, 3.8) is 0 Å². The third-order valence-corrected chi connectivity index (χ3v) is 17.2. The van der Waals surface area contributed by atoms with Gasteiger partial charge in [0.25, 0.3) is 37.1 Å². The summed E-state index contributed by atoms with van der Waals surface area (Å²) in [6.45, 7) is 54.6. The lowest BCUT2D eigenvalue weighted by Gasteiger charge is -2.37. The molecule has 29 nitrogen and oxygen atoms in total. The zero-order chi connectivity index (χ0) is 91.0. The molecular weight excluding hydrogens is 1460 g/mol. The average Bonchev–Trinajstić information content (AvgIpc) is 0.828. The number of carboxylic acid groups (broad SMARTS) is 1. The van der Waals surface area contributed by atoms with Crippen molar-refractivity contribution in [3.8, 4) is 0 Å². The second-order valence-corrected chi connectivity index (χ2v) is 31.5. The minimum Gasteiger partial charge on any atom is -0.480 e. The fraction of sp³-hybridized carbons (Fsp3) is 0.725. The number of nitrogens with one attached hydrogen (secondary N) is 2. The van der Waals surface area contributed by atoms with Crippen molar-refractivity contribution in [1.29, 1.82) is 0 Å². The fourth-order valence-corrected chi connectivity index (χ4v) is 10.5. The van der Waals surface area contributed by atoms with Gasteiger partial charge in [-0.25, -0.2) is 19.2 Å². The Morgan fingerprint density at radius 1 is 0.421 bits per heavy atom.